The van der Waals surface area contributed by atoms with Crippen LogP contribution in [0.1, 0.15) is 25.5 Å². The van der Waals surface area contributed by atoms with E-state index < -0.39 is 9.84 Å². The van der Waals surface area contributed by atoms with Gasteiger partial charge in [0, 0.05) is 17.7 Å². The summed E-state index contributed by atoms with van der Waals surface area (Å²) in [7, 11) is -3.27. The highest BCUT2D eigenvalue weighted by molar-refractivity contribution is 7.90. The van der Waals surface area contributed by atoms with E-state index in [0.717, 1.165) is 57.9 Å². The molecular weight excluding hydrogens is 498 g/mol. The van der Waals surface area contributed by atoms with E-state index in [-0.39, 0.29) is 0 Å². The first-order valence-electron chi connectivity index (χ1n) is 11.7. The topological polar surface area (TPSA) is 55.2 Å². The van der Waals surface area contributed by atoms with Gasteiger partial charge in [0.15, 0.2) is 9.84 Å². The van der Waals surface area contributed by atoms with Crippen LogP contribution in [0.15, 0.2) is 71.6 Å². The number of para-hydroxylation sites is 1. The van der Waals surface area contributed by atoms with Crippen LogP contribution in [-0.2, 0) is 16.4 Å². The number of piperidine rings is 1. The second-order valence-electron chi connectivity index (χ2n) is 9.31. The van der Waals surface area contributed by atoms with Gasteiger partial charge in [-0.1, -0.05) is 42.8 Å². The van der Waals surface area contributed by atoms with Crippen LogP contribution in [-0.4, -0.2) is 42.4 Å². The molecule has 1 fully saturated rings. The van der Waals surface area contributed by atoms with Crippen molar-refractivity contribution in [3.63, 3.8) is 0 Å². The number of hydrogen-bond acceptors (Lipinski definition) is 5. The molecule has 0 aliphatic carbocycles. The molecule has 0 atom stereocenters. The summed E-state index contributed by atoms with van der Waals surface area (Å²) in [5.41, 5.74) is 3.73. The second-order valence-corrected chi connectivity index (χ2v) is 12.8. The maximum atomic E-state index is 12.0. The number of likely N-dealkylation sites (tertiary alicyclic amines) is 1. The average Bonchev–Trinajstić information content (AvgIpc) is 3.48. The molecule has 1 aliphatic rings. The fraction of sp³-hybridized carbons (Fsp3) is 0.296. The molecule has 35 heavy (non-hydrogen) atoms. The lowest BCUT2D eigenvalue weighted by atomic mass is 9.99. The summed E-state index contributed by atoms with van der Waals surface area (Å²) in [6, 6.07) is 21.1. The Morgan fingerprint density at radius 3 is 2.49 bits per heavy atom. The Labute approximate surface area is 215 Å². The summed E-state index contributed by atoms with van der Waals surface area (Å²) in [5.74, 6) is 0.785. The predicted octanol–water partition coefficient (Wildman–Crippen LogP) is 6.56. The SMILES string of the molecule is CC1CCN(Cc2cc(-c3ccc(-c4cccc(S(C)(=O)=O)c4)s3)n(-c3ccccc3Cl)n2)CC1. The van der Waals surface area contributed by atoms with Crippen molar-refractivity contribution in [3.8, 4) is 26.7 Å². The molecule has 5 rings (SSSR count). The van der Waals surface area contributed by atoms with Gasteiger partial charge >= 0.3 is 0 Å². The predicted molar refractivity (Wildman–Crippen MR) is 144 cm³/mol. The van der Waals surface area contributed by atoms with Crippen LogP contribution in [0.3, 0.4) is 0 Å². The maximum Gasteiger partial charge on any atom is 0.175 e. The van der Waals surface area contributed by atoms with Crippen molar-refractivity contribution in [2.45, 2.75) is 31.2 Å². The van der Waals surface area contributed by atoms with Crippen LogP contribution in [0.2, 0.25) is 5.02 Å². The van der Waals surface area contributed by atoms with E-state index in [4.69, 9.17) is 16.7 Å². The van der Waals surface area contributed by atoms with Crippen LogP contribution >= 0.6 is 22.9 Å². The van der Waals surface area contributed by atoms with E-state index in [0.29, 0.717) is 9.92 Å². The Morgan fingerprint density at radius 2 is 1.74 bits per heavy atom. The Kier molecular flexibility index (Phi) is 6.86. The molecule has 4 aromatic rings. The maximum absolute atomic E-state index is 12.0. The van der Waals surface area contributed by atoms with E-state index in [1.165, 1.54) is 19.1 Å². The van der Waals surface area contributed by atoms with Crippen molar-refractivity contribution in [3.05, 3.63) is 77.4 Å². The van der Waals surface area contributed by atoms with Gasteiger partial charge in [0.05, 0.1) is 31.9 Å². The number of benzene rings is 2. The third-order valence-corrected chi connectivity index (χ3v) is 9.09. The minimum atomic E-state index is -3.27. The van der Waals surface area contributed by atoms with Crippen molar-refractivity contribution in [1.29, 1.82) is 0 Å². The number of sulfone groups is 1. The molecule has 0 amide bonds. The zero-order chi connectivity index (χ0) is 24.6. The van der Waals surface area contributed by atoms with Crippen LogP contribution < -0.4 is 0 Å². The Hall–Kier alpha value is -2.45. The summed E-state index contributed by atoms with van der Waals surface area (Å²) in [6.45, 7) is 5.32. The van der Waals surface area contributed by atoms with E-state index in [1.807, 2.05) is 41.1 Å². The number of aromatic nitrogens is 2. The van der Waals surface area contributed by atoms with Gasteiger partial charge < -0.3 is 0 Å². The molecule has 2 aromatic heterocycles. The molecule has 5 nitrogen and oxygen atoms in total. The Balaban J connectivity index is 1.52. The highest BCUT2D eigenvalue weighted by Gasteiger charge is 2.20. The van der Waals surface area contributed by atoms with Gasteiger partial charge in [0.1, 0.15) is 0 Å². The lowest BCUT2D eigenvalue weighted by Crippen LogP contribution is -2.32. The van der Waals surface area contributed by atoms with Crippen LogP contribution in [0.25, 0.3) is 26.7 Å². The van der Waals surface area contributed by atoms with Gasteiger partial charge in [-0.2, -0.15) is 5.10 Å². The molecular formula is C27H28ClN3O2S2. The molecule has 0 saturated carbocycles. The molecule has 0 radical (unpaired) electrons. The smallest absolute Gasteiger partial charge is 0.175 e. The highest BCUT2D eigenvalue weighted by atomic mass is 35.5. The number of thiophene rings is 1. The molecule has 2 aromatic carbocycles. The van der Waals surface area contributed by atoms with Gasteiger partial charge in [0.25, 0.3) is 0 Å². The molecule has 0 bridgehead atoms. The van der Waals surface area contributed by atoms with Crippen molar-refractivity contribution in [1.82, 2.24) is 14.7 Å². The first kappa shape index (κ1) is 24.3. The van der Waals surface area contributed by atoms with Gasteiger partial charge in [0.2, 0.25) is 0 Å². The number of rotatable bonds is 6. The number of nitrogens with zero attached hydrogens (tertiary/aromatic N) is 3. The summed E-state index contributed by atoms with van der Waals surface area (Å²) in [4.78, 5) is 4.85. The molecule has 182 valence electrons. The van der Waals surface area contributed by atoms with Crippen LogP contribution in [0.5, 0.6) is 0 Å². The quantitative estimate of drug-likeness (QED) is 0.286. The molecule has 8 heteroatoms. The summed E-state index contributed by atoms with van der Waals surface area (Å²) in [6.07, 6.45) is 3.68. The lowest BCUT2D eigenvalue weighted by Gasteiger charge is -2.29. The second kappa shape index (κ2) is 9.90. The van der Waals surface area contributed by atoms with Crippen molar-refractivity contribution in [2.75, 3.05) is 19.3 Å². The third-order valence-electron chi connectivity index (χ3n) is 6.51. The van der Waals surface area contributed by atoms with Crippen LogP contribution in [0, 0.1) is 5.92 Å². The minimum absolute atomic E-state index is 0.323. The van der Waals surface area contributed by atoms with Gasteiger partial charge in [-0.3, -0.25) is 4.90 Å². The van der Waals surface area contributed by atoms with E-state index in [9.17, 15) is 8.42 Å². The van der Waals surface area contributed by atoms with E-state index in [2.05, 4.69) is 24.0 Å². The highest BCUT2D eigenvalue weighted by Crippen LogP contribution is 2.37. The summed E-state index contributed by atoms with van der Waals surface area (Å²) < 4.78 is 26.0. The zero-order valence-corrected chi connectivity index (χ0v) is 22.2. The van der Waals surface area contributed by atoms with Crippen molar-refractivity contribution >= 4 is 32.8 Å². The number of hydrogen-bond donors (Lipinski definition) is 0. The molecule has 1 aliphatic heterocycles. The Bertz CT molecular complexity index is 1450. The van der Waals surface area contributed by atoms with Crippen molar-refractivity contribution < 1.29 is 8.42 Å². The first-order chi connectivity index (χ1) is 16.8. The minimum Gasteiger partial charge on any atom is -0.297 e. The Morgan fingerprint density at radius 1 is 1.00 bits per heavy atom. The average molecular weight is 526 g/mol. The normalized spacial score (nSPS) is 15.5. The van der Waals surface area contributed by atoms with E-state index in [1.54, 1.807) is 29.5 Å². The fourth-order valence-corrected chi connectivity index (χ4v) is 6.34. The van der Waals surface area contributed by atoms with Gasteiger partial charge in [-0.05, 0) is 79.9 Å². The van der Waals surface area contributed by atoms with Gasteiger partial charge in [-0.15, -0.1) is 11.3 Å². The number of halogens is 1. The van der Waals surface area contributed by atoms with Crippen LogP contribution in [0.4, 0.5) is 0 Å². The molecule has 0 spiro atoms. The zero-order valence-electron chi connectivity index (χ0n) is 19.8. The lowest BCUT2D eigenvalue weighted by molar-refractivity contribution is 0.183. The van der Waals surface area contributed by atoms with E-state index >= 15 is 0 Å². The molecule has 0 N–H and O–H groups in total. The molecule has 1 saturated heterocycles. The summed E-state index contributed by atoms with van der Waals surface area (Å²) in [5, 5.41) is 5.62. The van der Waals surface area contributed by atoms with Gasteiger partial charge in [-0.25, -0.2) is 13.1 Å². The standard InChI is InChI=1S/C27H28ClN3O2S2/c1-19-12-14-30(15-13-19)18-21-17-25(31(29-21)24-9-4-3-8-23(24)28)27-11-10-26(34-27)20-6-5-7-22(16-20)35(2,32)33/h3-11,16-17,19H,12-15,18H2,1-2H3. The first-order valence-corrected chi connectivity index (χ1v) is 14.8. The fourth-order valence-electron chi connectivity index (χ4n) is 4.45. The summed E-state index contributed by atoms with van der Waals surface area (Å²) >= 11 is 8.19. The monoisotopic (exact) mass is 525 g/mol. The molecule has 0 unspecified atom stereocenters. The third kappa shape index (κ3) is 5.38. The van der Waals surface area contributed by atoms with Crippen molar-refractivity contribution in [2.24, 2.45) is 5.92 Å². The molecule has 3 heterocycles. The largest absolute Gasteiger partial charge is 0.297 e.